The molecule has 0 saturated heterocycles. The molecule has 0 radical (unpaired) electrons. The molecule has 4 nitrogen and oxygen atoms in total. The molecule has 1 heterocycles. The highest BCUT2D eigenvalue weighted by Gasteiger charge is 2.28. The number of rotatable bonds is 0. The van der Waals surface area contributed by atoms with Crippen LogP contribution in [0.15, 0.2) is 27.5 Å². The molecule has 1 aliphatic heterocycles. The average Bonchev–Trinajstić information content (AvgIpc) is 2.24. The molecule has 1 aliphatic rings. The van der Waals surface area contributed by atoms with E-state index in [4.69, 9.17) is 0 Å². The molecule has 0 saturated carbocycles. The van der Waals surface area contributed by atoms with E-state index < -0.39 is 10.0 Å². The third kappa shape index (κ3) is 1.04. The first-order valence-corrected chi connectivity index (χ1v) is 5.10. The average molecular weight is 197 g/mol. The van der Waals surface area contributed by atoms with Crippen molar-refractivity contribution in [2.24, 2.45) is 4.40 Å². The van der Waals surface area contributed by atoms with Gasteiger partial charge in [0.2, 0.25) is 0 Å². The highest BCUT2D eigenvalue weighted by atomic mass is 32.2. The van der Waals surface area contributed by atoms with Gasteiger partial charge in [-0.05, 0) is 19.1 Å². The van der Waals surface area contributed by atoms with Gasteiger partial charge < -0.3 is 5.11 Å². The van der Waals surface area contributed by atoms with Gasteiger partial charge in [-0.25, -0.2) is 0 Å². The molecule has 0 bridgehead atoms. The van der Waals surface area contributed by atoms with Crippen molar-refractivity contribution >= 4 is 15.7 Å². The Bertz CT molecular complexity index is 502. The minimum Gasteiger partial charge on any atom is -0.507 e. The van der Waals surface area contributed by atoms with Crippen LogP contribution in [0.2, 0.25) is 0 Å². The van der Waals surface area contributed by atoms with Crippen molar-refractivity contribution in [3.63, 3.8) is 0 Å². The molecular weight excluding hydrogens is 190 g/mol. The molecule has 0 aliphatic carbocycles. The van der Waals surface area contributed by atoms with E-state index in [0.717, 1.165) is 0 Å². The minimum absolute atomic E-state index is 0.0418. The lowest BCUT2D eigenvalue weighted by Crippen LogP contribution is -1.93. The summed E-state index contributed by atoms with van der Waals surface area (Å²) in [4.78, 5) is 0.0880. The molecule has 5 heteroatoms. The Morgan fingerprint density at radius 1 is 1.38 bits per heavy atom. The highest BCUT2D eigenvalue weighted by molar-refractivity contribution is 7.90. The molecule has 68 valence electrons. The van der Waals surface area contributed by atoms with E-state index in [9.17, 15) is 13.5 Å². The van der Waals surface area contributed by atoms with Crippen LogP contribution in [0, 0.1) is 0 Å². The van der Waals surface area contributed by atoms with Crippen molar-refractivity contribution in [2.45, 2.75) is 11.8 Å². The molecule has 0 spiro atoms. The van der Waals surface area contributed by atoms with E-state index in [1.165, 1.54) is 18.2 Å². The van der Waals surface area contributed by atoms with Crippen molar-refractivity contribution in [3.05, 3.63) is 23.8 Å². The smallest absolute Gasteiger partial charge is 0.283 e. The molecule has 0 aromatic heterocycles. The van der Waals surface area contributed by atoms with E-state index in [-0.39, 0.29) is 10.6 Å². The van der Waals surface area contributed by atoms with E-state index in [2.05, 4.69) is 4.40 Å². The Labute approximate surface area is 75.6 Å². The molecule has 1 aromatic carbocycles. The Balaban J connectivity index is 2.90. The largest absolute Gasteiger partial charge is 0.507 e. The first-order valence-electron chi connectivity index (χ1n) is 3.66. The van der Waals surface area contributed by atoms with Gasteiger partial charge in [0.15, 0.2) is 0 Å². The van der Waals surface area contributed by atoms with Gasteiger partial charge in [-0.1, -0.05) is 6.07 Å². The maximum absolute atomic E-state index is 11.3. The number of fused-ring (bicyclic) bond motifs is 1. The molecule has 0 fully saturated rings. The van der Waals surface area contributed by atoms with Crippen LogP contribution in [0.1, 0.15) is 12.5 Å². The van der Waals surface area contributed by atoms with E-state index in [1.807, 2.05) is 0 Å². The Hall–Kier alpha value is -1.36. The second-order valence-electron chi connectivity index (χ2n) is 2.80. The quantitative estimate of drug-likeness (QED) is 0.672. The lowest BCUT2D eigenvalue weighted by molar-refractivity contribution is 0.472. The number of hydrogen-bond donors (Lipinski definition) is 1. The summed E-state index contributed by atoms with van der Waals surface area (Å²) in [5, 5.41) is 9.39. The number of nitrogens with zero attached hydrogens (tertiary/aromatic N) is 1. The predicted octanol–water partition coefficient (Wildman–Crippen LogP) is 0.903. The molecule has 13 heavy (non-hydrogen) atoms. The van der Waals surface area contributed by atoms with E-state index >= 15 is 0 Å². The summed E-state index contributed by atoms with van der Waals surface area (Å²) in [7, 11) is -3.55. The number of phenolic OH excluding ortho intramolecular Hbond substituents is 1. The summed E-state index contributed by atoms with van der Waals surface area (Å²) in [6, 6.07) is 4.36. The van der Waals surface area contributed by atoms with Crippen LogP contribution < -0.4 is 0 Å². The first-order chi connectivity index (χ1) is 6.02. The summed E-state index contributed by atoms with van der Waals surface area (Å²) in [6.07, 6.45) is 0. The van der Waals surface area contributed by atoms with Crippen LogP contribution in [-0.4, -0.2) is 19.2 Å². The Morgan fingerprint density at radius 2 is 2.08 bits per heavy atom. The Kier molecular flexibility index (Phi) is 1.47. The van der Waals surface area contributed by atoms with Crippen molar-refractivity contribution in [1.82, 2.24) is 0 Å². The zero-order valence-corrected chi connectivity index (χ0v) is 7.67. The third-order valence-corrected chi connectivity index (χ3v) is 3.31. The van der Waals surface area contributed by atoms with Crippen LogP contribution >= 0.6 is 0 Å². The molecule has 0 amide bonds. The molecule has 0 unspecified atom stereocenters. The lowest BCUT2D eigenvalue weighted by atomic mass is 10.1. The highest BCUT2D eigenvalue weighted by Crippen LogP contribution is 2.32. The summed E-state index contributed by atoms with van der Waals surface area (Å²) in [5.74, 6) is -0.0418. The summed E-state index contributed by atoms with van der Waals surface area (Å²) < 4.78 is 26.1. The second-order valence-corrected chi connectivity index (χ2v) is 4.37. The molecule has 0 atom stereocenters. The zero-order valence-electron chi connectivity index (χ0n) is 6.85. The van der Waals surface area contributed by atoms with Crippen LogP contribution in [0.5, 0.6) is 5.75 Å². The van der Waals surface area contributed by atoms with Crippen molar-refractivity contribution in [3.8, 4) is 5.75 Å². The molecular formula is C8H7NO3S. The van der Waals surface area contributed by atoms with Gasteiger partial charge in [-0.3, -0.25) is 0 Å². The topological polar surface area (TPSA) is 66.7 Å². The monoisotopic (exact) mass is 197 g/mol. The third-order valence-electron chi connectivity index (χ3n) is 1.90. The zero-order chi connectivity index (χ0) is 9.64. The maximum Gasteiger partial charge on any atom is 0.283 e. The minimum atomic E-state index is -3.55. The number of hydrogen-bond acceptors (Lipinski definition) is 3. The Morgan fingerprint density at radius 3 is 2.69 bits per heavy atom. The first kappa shape index (κ1) is 8.25. The summed E-state index contributed by atoms with van der Waals surface area (Å²) >= 11 is 0. The van der Waals surface area contributed by atoms with Crippen molar-refractivity contribution in [2.75, 3.05) is 0 Å². The number of sulfonamides is 1. The van der Waals surface area contributed by atoms with Crippen molar-refractivity contribution < 1.29 is 13.5 Å². The maximum atomic E-state index is 11.3. The molecule has 1 N–H and O–H groups in total. The fraction of sp³-hybridized carbons (Fsp3) is 0.125. The van der Waals surface area contributed by atoms with Gasteiger partial charge in [0.25, 0.3) is 10.0 Å². The normalized spacial score (nSPS) is 18.1. The molecule has 1 aromatic rings. The predicted molar refractivity (Wildman–Crippen MR) is 47.5 cm³/mol. The van der Waals surface area contributed by atoms with Gasteiger partial charge in [0.1, 0.15) is 10.6 Å². The fourth-order valence-electron chi connectivity index (χ4n) is 1.37. The summed E-state index contributed by atoms with van der Waals surface area (Å²) in [6.45, 7) is 1.56. The van der Waals surface area contributed by atoms with E-state index in [0.29, 0.717) is 11.3 Å². The molecule has 2 rings (SSSR count). The van der Waals surface area contributed by atoms with E-state index in [1.54, 1.807) is 6.92 Å². The number of phenols is 1. The van der Waals surface area contributed by atoms with Crippen LogP contribution in [0.25, 0.3) is 0 Å². The summed E-state index contributed by atoms with van der Waals surface area (Å²) in [5.41, 5.74) is 0.663. The van der Waals surface area contributed by atoms with Gasteiger partial charge in [0, 0.05) is 0 Å². The van der Waals surface area contributed by atoms with Gasteiger partial charge in [-0.2, -0.15) is 12.8 Å². The van der Waals surface area contributed by atoms with Gasteiger partial charge in [-0.15, -0.1) is 0 Å². The van der Waals surface area contributed by atoms with Gasteiger partial charge >= 0.3 is 0 Å². The van der Waals surface area contributed by atoms with Crippen molar-refractivity contribution in [1.29, 1.82) is 0 Å². The fourth-order valence-corrected chi connectivity index (χ4v) is 2.68. The lowest BCUT2D eigenvalue weighted by Gasteiger charge is -1.99. The van der Waals surface area contributed by atoms with Crippen LogP contribution in [0.3, 0.4) is 0 Å². The number of aromatic hydroxyl groups is 1. The van der Waals surface area contributed by atoms with Crippen LogP contribution in [0.4, 0.5) is 0 Å². The standard InChI is InChI=1S/C8H7NO3S/c1-5-8-6(10)3-2-4-7(8)13(11,12)9-5/h2-4,10H,1H3. The SMILES string of the molecule is CC1=NS(=O)(=O)c2cccc(O)c21. The number of benzene rings is 1. The second kappa shape index (κ2) is 2.32. The van der Waals surface area contributed by atoms with Crippen LogP contribution in [-0.2, 0) is 10.0 Å². The van der Waals surface area contributed by atoms with Gasteiger partial charge in [0.05, 0.1) is 11.3 Å².